The second kappa shape index (κ2) is 9.85. The zero-order valence-corrected chi connectivity index (χ0v) is 18.5. The van der Waals surface area contributed by atoms with E-state index in [1.165, 1.54) is 11.8 Å². The van der Waals surface area contributed by atoms with Crippen LogP contribution in [0.1, 0.15) is 12.5 Å². The number of ether oxygens (including phenoxy) is 1. The Balaban J connectivity index is 1.42. The number of halogens is 1. The molecule has 6 nitrogen and oxygen atoms in total. The van der Waals surface area contributed by atoms with Crippen LogP contribution < -0.4 is 10.1 Å². The van der Waals surface area contributed by atoms with Gasteiger partial charge in [-0.25, -0.2) is 9.50 Å². The summed E-state index contributed by atoms with van der Waals surface area (Å²) in [6.45, 7) is 3.05. The lowest BCUT2D eigenvalue weighted by atomic mass is 10.1. The predicted molar refractivity (Wildman–Crippen MR) is 124 cm³/mol. The molecule has 4 rings (SSSR count). The molecule has 2 aromatic heterocycles. The number of hydrogen-bond donors (Lipinski definition) is 1. The van der Waals surface area contributed by atoms with Crippen molar-refractivity contribution in [3.05, 3.63) is 77.6 Å². The van der Waals surface area contributed by atoms with Gasteiger partial charge in [-0.2, -0.15) is 5.10 Å². The first-order valence-corrected chi connectivity index (χ1v) is 11.2. The maximum absolute atomic E-state index is 12.3. The zero-order valence-electron chi connectivity index (χ0n) is 16.9. The average Bonchev–Trinajstić information content (AvgIpc) is 3.23. The van der Waals surface area contributed by atoms with Crippen LogP contribution in [0.15, 0.2) is 72.0 Å². The van der Waals surface area contributed by atoms with E-state index >= 15 is 0 Å². The minimum Gasteiger partial charge on any atom is -0.494 e. The molecule has 0 saturated carbocycles. The van der Waals surface area contributed by atoms with Crippen LogP contribution in [0.3, 0.4) is 0 Å². The van der Waals surface area contributed by atoms with E-state index in [0.29, 0.717) is 18.2 Å². The van der Waals surface area contributed by atoms with E-state index in [1.807, 2.05) is 61.5 Å². The van der Waals surface area contributed by atoms with E-state index in [4.69, 9.17) is 16.3 Å². The number of nitrogens with one attached hydrogen (secondary N) is 1. The third-order valence-electron chi connectivity index (χ3n) is 4.56. The number of benzene rings is 2. The lowest BCUT2D eigenvalue weighted by molar-refractivity contribution is -0.118. The fourth-order valence-electron chi connectivity index (χ4n) is 3.03. The van der Waals surface area contributed by atoms with Gasteiger partial charge in [0.25, 0.3) is 0 Å². The zero-order chi connectivity index (χ0) is 21.6. The largest absolute Gasteiger partial charge is 0.494 e. The molecule has 4 aromatic rings. The Morgan fingerprint density at radius 2 is 1.94 bits per heavy atom. The summed E-state index contributed by atoms with van der Waals surface area (Å²) in [5, 5.41) is 8.99. The summed E-state index contributed by atoms with van der Waals surface area (Å²) in [6, 6.07) is 17.2. The average molecular weight is 453 g/mol. The predicted octanol–water partition coefficient (Wildman–Crippen LogP) is 4.86. The number of hydrogen-bond acceptors (Lipinski definition) is 5. The summed E-state index contributed by atoms with van der Waals surface area (Å²) in [6.07, 6.45) is 3.49. The van der Waals surface area contributed by atoms with Crippen molar-refractivity contribution in [3.8, 4) is 17.0 Å². The molecule has 8 heteroatoms. The van der Waals surface area contributed by atoms with E-state index in [2.05, 4.69) is 15.4 Å². The molecule has 0 fully saturated rings. The molecule has 31 heavy (non-hydrogen) atoms. The van der Waals surface area contributed by atoms with E-state index in [-0.39, 0.29) is 11.7 Å². The van der Waals surface area contributed by atoms with Gasteiger partial charge in [-0.1, -0.05) is 35.5 Å². The van der Waals surface area contributed by atoms with Gasteiger partial charge in [0.05, 0.1) is 23.6 Å². The summed E-state index contributed by atoms with van der Waals surface area (Å²) in [7, 11) is 0. The molecule has 0 atom stereocenters. The molecule has 0 aliphatic heterocycles. The molecule has 158 valence electrons. The lowest BCUT2D eigenvalue weighted by Gasteiger charge is -2.06. The number of thioether (sulfide) groups is 1. The number of fused-ring (bicyclic) bond motifs is 1. The molecular weight excluding hydrogens is 432 g/mol. The van der Waals surface area contributed by atoms with Gasteiger partial charge in [-0.15, -0.1) is 0 Å². The number of rotatable bonds is 8. The minimum absolute atomic E-state index is 0.0602. The summed E-state index contributed by atoms with van der Waals surface area (Å²) in [4.78, 5) is 16.7. The van der Waals surface area contributed by atoms with Crippen molar-refractivity contribution < 1.29 is 9.53 Å². The molecule has 0 spiro atoms. The first-order valence-electron chi connectivity index (χ1n) is 9.84. The SMILES string of the molecule is CCOc1ccc(-c2cc3c(SCC(=O)NCc4ccc(Cl)cc4)nccn3n2)cc1. The van der Waals surface area contributed by atoms with Crippen LogP contribution in [0.2, 0.25) is 5.02 Å². The first-order chi connectivity index (χ1) is 15.1. The Morgan fingerprint density at radius 3 is 2.68 bits per heavy atom. The summed E-state index contributed by atoms with van der Waals surface area (Å²) < 4.78 is 7.28. The molecule has 0 bridgehead atoms. The number of carbonyl (C=O) groups excluding carboxylic acids is 1. The fourth-order valence-corrected chi connectivity index (χ4v) is 3.96. The van der Waals surface area contributed by atoms with Gasteiger partial charge < -0.3 is 10.1 Å². The molecule has 0 aliphatic rings. The van der Waals surface area contributed by atoms with Crippen molar-refractivity contribution in [1.82, 2.24) is 19.9 Å². The van der Waals surface area contributed by atoms with E-state index in [1.54, 1.807) is 16.9 Å². The molecule has 0 radical (unpaired) electrons. The number of nitrogens with zero attached hydrogens (tertiary/aromatic N) is 3. The molecule has 0 saturated heterocycles. The summed E-state index contributed by atoms with van der Waals surface area (Å²) in [5.74, 6) is 1.04. The number of amides is 1. The molecule has 2 aromatic carbocycles. The van der Waals surface area contributed by atoms with Crippen LogP contribution in [0.5, 0.6) is 5.75 Å². The topological polar surface area (TPSA) is 68.5 Å². The Bertz CT molecular complexity index is 1180. The summed E-state index contributed by atoms with van der Waals surface area (Å²) >= 11 is 7.28. The Labute approximate surface area is 189 Å². The molecule has 0 unspecified atom stereocenters. The van der Waals surface area contributed by atoms with Gasteiger partial charge in [-0.3, -0.25) is 4.79 Å². The van der Waals surface area contributed by atoms with Crippen molar-refractivity contribution in [3.63, 3.8) is 0 Å². The summed E-state index contributed by atoms with van der Waals surface area (Å²) in [5.41, 5.74) is 3.69. The Hall–Kier alpha value is -3.03. The standard InChI is InChI=1S/C23H21ClN4O2S/c1-2-30-19-9-5-17(6-10-19)20-13-21-23(25-11-12-28(21)27-20)31-15-22(29)26-14-16-3-7-18(24)8-4-16/h3-13H,2,14-15H2,1H3,(H,26,29). The highest BCUT2D eigenvalue weighted by Crippen LogP contribution is 2.27. The smallest absolute Gasteiger partial charge is 0.230 e. The Kier molecular flexibility index (Phi) is 6.74. The van der Waals surface area contributed by atoms with Crippen molar-refractivity contribution >= 4 is 34.8 Å². The fraction of sp³-hybridized carbons (Fsp3) is 0.174. The van der Waals surface area contributed by atoms with Gasteiger partial charge in [-0.05, 0) is 55.0 Å². The lowest BCUT2D eigenvalue weighted by Crippen LogP contribution is -2.24. The quantitative estimate of drug-likeness (QED) is 0.387. The van der Waals surface area contributed by atoms with Gasteiger partial charge in [0.15, 0.2) is 0 Å². The molecule has 1 N–H and O–H groups in total. The second-order valence-corrected chi connectivity index (χ2v) is 8.14. The molecule has 2 heterocycles. The van der Waals surface area contributed by atoms with Crippen molar-refractivity contribution in [2.24, 2.45) is 0 Å². The van der Waals surface area contributed by atoms with Gasteiger partial charge >= 0.3 is 0 Å². The monoisotopic (exact) mass is 452 g/mol. The van der Waals surface area contributed by atoms with Crippen LogP contribution in [0, 0.1) is 0 Å². The van der Waals surface area contributed by atoms with E-state index in [0.717, 1.165) is 33.1 Å². The number of carbonyl (C=O) groups is 1. The second-order valence-electron chi connectivity index (χ2n) is 6.74. The van der Waals surface area contributed by atoms with Gasteiger partial charge in [0.2, 0.25) is 5.91 Å². The highest BCUT2D eigenvalue weighted by molar-refractivity contribution is 8.00. The third kappa shape index (κ3) is 5.37. The van der Waals surface area contributed by atoms with Crippen LogP contribution >= 0.6 is 23.4 Å². The highest BCUT2D eigenvalue weighted by atomic mass is 35.5. The van der Waals surface area contributed by atoms with Gasteiger partial charge in [0.1, 0.15) is 10.8 Å². The van der Waals surface area contributed by atoms with Crippen molar-refractivity contribution in [1.29, 1.82) is 0 Å². The van der Waals surface area contributed by atoms with Crippen LogP contribution in [0.25, 0.3) is 16.8 Å². The van der Waals surface area contributed by atoms with Gasteiger partial charge in [0, 0.05) is 29.5 Å². The number of aromatic nitrogens is 3. The minimum atomic E-state index is -0.0602. The van der Waals surface area contributed by atoms with E-state index in [9.17, 15) is 4.79 Å². The van der Waals surface area contributed by atoms with Crippen LogP contribution in [0.4, 0.5) is 0 Å². The van der Waals surface area contributed by atoms with E-state index < -0.39 is 0 Å². The highest BCUT2D eigenvalue weighted by Gasteiger charge is 2.11. The third-order valence-corrected chi connectivity index (χ3v) is 5.80. The maximum atomic E-state index is 12.3. The van der Waals surface area contributed by atoms with Crippen LogP contribution in [-0.4, -0.2) is 32.9 Å². The van der Waals surface area contributed by atoms with Crippen molar-refractivity contribution in [2.45, 2.75) is 18.5 Å². The van der Waals surface area contributed by atoms with Crippen molar-refractivity contribution in [2.75, 3.05) is 12.4 Å². The molecule has 0 aliphatic carbocycles. The normalized spacial score (nSPS) is 10.9. The Morgan fingerprint density at radius 1 is 1.16 bits per heavy atom. The van der Waals surface area contributed by atoms with Crippen LogP contribution in [-0.2, 0) is 11.3 Å². The first kappa shape index (κ1) is 21.2. The molecular formula is C23H21ClN4O2S. The maximum Gasteiger partial charge on any atom is 0.230 e. The molecule has 1 amide bonds.